The van der Waals surface area contributed by atoms with Gasteiger partial charge in [-0.15, -0.1) is 0 Å². The molecule has 0 amide bonds. The summed E-state index contributed by atoms with van der Waals surface area (Å²) in [4.78, 5) is 0. The number of ether oxygens (including phenoxy) is 1. The molecular formula is C13H28N2O. The maximum atomic E-state index is 5.75. The molecule has 0 radical (unpaired) electrons. The molecule has 0 aromatic carbocycles. The predicted molar refractivity (Wildman–Crippen MR) is 67.9 cm³/mol. The van der Waals surface area contributed by atoms with Crippen LogP contribution in [0, 0.1) is 11.8 Å². The van der Waals surface area contributed by atoms with Crippen LogP contribution in [-0.4, -0.2) is 18.8 Å². The van der Waals surface area contributed by atoms with Crippen LogP contribution in [0.4, 0.5) is 0 Å². The molecule has 3 heteroatoms. The van der Waals surface area contributed by atoms with Gasteiger partial charge in [0.05, 0.1) is 6.10 Å². The molecule has 3 N–H and O–H groups in total. The molecule has 3 nitrogen and oxygen atoms in total. The van der Waals surface area contributed by atoms with E-state index in [1.54, 1.807) is 0 Å². The second kappa shape index (κ2) is 7.25. The van der Waals surface area contributed by atoms with E-state index >= 15 is 0 Å². The normalized spacial score (nSPS) is 27.6. The van der Waals surface area contributed by atoms with Gasteiger partial charge in [0.1, 0.15) is 0 Å². The van der Waals surface area contributed by atoms with Crippen LogP contribution in [0.15, 0.2) is 0 Å². The van der Waals surface area contributed by atoms with Crippen molar-refractivity contribution < 1.29 is 4.74 Å². The summed E-state index contributed by atoms with van der Waals surface area (Å²) in [5.41, 5.74) is 3.03. The summed E-state index contributed by atoms with van der Waals surface area (Å²) >= 11 is 0. The maximum absolute atomic E-state index is 5.75. The molecular weight excluding hydrogens is 200 g/mol. The third-order valence-corrected chi connectivity index (χ3v) is 4.14. The van der Waals surface area contributed by atoms with E-state index in [-0.39, 0.29) is 0 Å². The summed E-state index contributed by atoms with van der Waals surface area (Å²) in [6.07, 6.45) is 6.36. The summed E-state index contributed by atoms with van der Waals surface area (Å²) in [5.74, 6) is 7.12. The van der Waals surface area contributed by atoms with Crippen molar-refractivity contribution in [2.45, 2.75) is 65.0 Å². The molecule has 0 spiro atoms. The first-order valence-corrected chi connectivity index (χ1v) is 6.84. The zero-order chi connectivity index (χ0) is 12.0. The van der Waals surface area contributed by atoms with Gasteiger partial charge < -0.3 is 4.74 Å². The van der Waals surface area contributed by atoms with Crippen LogP contribution in [0.1, 0.15) is 52.9 Å². The van der Waals surface area contributed by atoms with Crippen LogP contribution in [0.5, 0.6) is 0 Å². The second-order valence-electron chi connectivity index (χ2n) is 4.96. The first-order valence-electron chi connectivity index (χ1n) is 6.84. The molecule has 0 aromatic rings. The van der Waals surface area contributed by atoms with E-state index in [1.807, 2.05) is 0 Å². The van der Waals surface area contributed by atoms with E-state index in [0.29, 0.717) is 18.1 Å². The second-order valence-corrected chi connectivity index (χ2v) is 4.96. The van der Waals surface area contributed by atoms with Gasteiger partial charge in [0, 0.05) is 18.6 Å². The fourth-order valence-electron chi connectivity index (χ4n) is 2.89. The molecule has 1 aliphatic heterocycles. The van der Waals surface area contributed by atoms with Gasteiger partial charge in [-0.1, -0.05) is 33.6 Å². The van der Waals surface area contributed by atoms with Crippen molar-refractivity contribution >= 4 is 0 Å². The van der Waals surface area contributed by atoms with Crippen LogP contribution in [0.2, 0.25) is 0 Å². The first kappa shape index (κ1) is 13.9. The molecule has 3 atom stereocenters. The van der Waals surface area contributed by atoms with Gasteiger partial charge in [-0.25, -0.2) is 0 Å². The largest absolute Gasteiger partial charge is 0.378 e. The standard InChI is InChI=1S/C13H28N2O/c1-4-10(5-2)9-12(15-14)11-7-8-16-13(11)6-3/h10-13,15H,4-9,14H2,1-3H3. The van der Waals surface area contributed by atoms with Crippen molar-refractivity contribution in [2.75, 3.05) is 6.61 Å². The van der Waals surface area contributed by atoms with E-state index < -0.39 is 0 Å². The molecule has 0 aliphatic carbocycles. The van der Waals surface area contributed by atoms with Gasteiger partial charge in [-0.05, 0) is 25.2 Å². The Bertz CT molecular complexity index is 183. The lowest BCUT2D eigenvalue weighted by Crippen LogP contribution is -2.44. The van der Waals surface area contributed by atoms with E-state index in [2.05, 4.69) is 26.2 Å². The van der Waals surface area contributed by atoms with Gasteiger partial charge in [0.15, 0.2) is 0 Å². The quantitative estimate of drug-likeness (QED) is 0.520. The molecule has 1 aliphatic rings. The highest BCUT2D eigenvalue weighted by atomic mass is 16.5. The number of nitrogens with two attached hydrogens (primary N) is 1. The Hall–Kier alpha value is -0.120. The van der Waals surface area contributed by atoms with Crippen molar-refractivity contribution in [1.29, 1.82) is 0 Å². The Kier molecular flexibility index (Phi) is 6.32. The van der Waals surface area contributed by atoms with Crippen molar-refractivity contribution in [3.05, 3.63) is 0 Å². The summed E-state index contributed by atoms with van der Waals surface area (Å²) in [5, 5.41) is 0. The summed E-state index contributed by atoms with van der Waals surface area (Å²) in [7, 11) is 0. The molecule has 0 saturated carbocycles. The van der Waals surface area contributed by atoms with Crippen LogP contribution in [-0.2, 0) is 4.74 Å². The van der Waals surface area contributed by atoms with E-state index in [4.69, 9.17) is 10.6 Å². The molecule has 1 rings (SSSR count). The highest BCUT2D eigenvalue weighted by Gasteiger charge is 2.33. The third kappa shape index (κ3) is 3.44. The fourth-order valence-corrected chi connectivity index (χ4v) is 2.89. The Labute approximate surface area is 100 Å². The van der Waals surface area contributed by atoms with E-state index in [9.17, 15) is 0 Å². The zero-order valence-electron chi connectivity index (χ0n) is 11.0. The molecule has 0 aromatic heterocycles. The number of hydrogen-bond acceptors (Lipinski definition) is 3. The monoisotopic (exact) mass is 228 g/mol. The number of hydrogen-bond donors (Lipinski definition) is 2. The van der Waals surface area contributed by atoms with Crippen LogP contribution in [0.3, 0.4) is 0 Å². The smallest absolute Gasteiger partial charge is 0.0616 e. The molecule has 16 heavy (non-hydrogen) atoms. The zero-order valence-corrected chi connectivity index (χ0v) is 11.0. The predicted octanol–water partition coefficient (Wildman–Crippen LogP) is 2.46. The molecule has 1 heterocycles. The Morgan fingerprint density at radius 2 is 2.00 bits per heavy atom. The first-order chi connectivity index (χ1) is 7.76. The lowest BCUT2D eigenvalue weighted by atomic mass is 9.84. The highest BCUT2D eigenvalue weighted by molar-refractivity contribution is 4.86. The fraction of sp³-hybridized carbons (Fsp3) is 1.00. The van der Waals surface area contributed by atoms with Crippen molar-refractivity contribution in [3.8, 4) is 0 Å². The lowest BCUT2D eigenvalue weighted by molar-refractivity contribution is 0.0740. The van der Waals surface area contributed by atoms with Crippen LogP contribution < -0.4 is 11.3 Å². The minimum Gasteiger partial charge on any atom is -0.378 e. The third-order valence-electron chi connectivity index (χ3n) is 4.14. The maximum Gasteiger partial charge on any atom is 0.0616 e. The Balaban J connectivity index is 2.52. The van der Waals surface area contributed by atoms with E-state index in [0.717, 1.165) is 25.4 Å². The average Bonchev–Trinajstić information content (AvgIpc) is 2.79. The van der Waals surface area contributed by atoms with Crippen LogP contribution >= 0.6 is 0 Å². The topological polar surface area (TPSA) is 47.3 Å². The lowest BCUT2D eigenvalue weighted by Gasteiger charge is -2.29. The summed E-state index contributed by atoms with van der Waals surface area (Å²) in [6, 6.07) is 0.428. The minimum atomic E-state index is 0.412. The minimum absolute atomic E-state index is 0.412. The van der Waals surface area contributed by atoms with E-state index in [1.165, 1.54) is 19.3 Å². The van der Waals surface area contributed by atoms with Crippen molar-refractivity contribution in [1.82, 2.24) is 5.43 Å². The van der Waals surface area contributed by atoms with Gasteiger partial charge in [-0.3, -0.25) is 11.3 Å². The SMILES string of the molecule is CCC(CC)CC(NN)C1CCOC1CC. The molecule has 1 saturated heterocycles. The molecule has 3 unspecified atom stereocenters. The van der Waals surface area contributed by atoms with Gasteiger partial charge in [0.25, 0.3) is 0 Å². The average molecular weight is 228 g/mol. The molecule has 96 valence electrons. The van der Waals surface area contributed by atoms with Crippen molar-refractivity contribution in [2.24, 2.45) is 17.7 Å². The number of rotatable bonds is 7. The van der Waals surface area contributed by atoms with Gasteiger partial charge >= 0.3 is 0 Å². The Morgan fingerprint density at radius 3 is 2.50 bits per heavy atom. The van der Waals surface area contributed by atoms with Gasteiger partial charge in [-0.2, -0.15) is 0 Å². The summed E-state index contributed by atoms with van der Waals surface area (Å²) in [6.45, 7) is 7.65. The Morgan fingerprint density at radius 1 is 1.31 bits per heavy atom. The molecule has 1 fully saturated rings. The molecule has 0 bridgehead atoms. The van der Waals surface area contributed by atoms with Crippen LogP contribution in [0.25, 0.3) is 0 Å². The number of hydrazine groups is 1. The van der Waals surface area contributed by atoms with Gasteiger partial charge in [0.2, 0.25) is 0 Å². The number of nitrogens with one attached hydrogen (secondary N) is 1. The highest BCUT2D eigenvalue weighted by Crippen LogP contribution is 2.30. The van der Waals surface area contributed by atoms with Crippen molar-refractivity contribution in [3.63, 3.8) is 0 Å². The summed E-state index contributed by atoms with van der Waals surface area (Å²) < 4.78 is 5.75.